The van der Waals surface area contributed by atoms with Crippen molar-refractivity contribution in [2.45, 2.75) is 29.6 Å². The summed E-state index contributed by atoms with van der Waals surface area (Å²) in [5, 5.41) is 5.96. The molecule has 0 saturated carbocycles. The van der Waals surface area contributed by atoms with Crippen LogP contribution in [-0.4, -0.2) is 30.2 Å². The van der Waals surface area contributed by atoms with E-state index in [9.17, 15) is 19.2 Å². The van der Waals surface area contributed by atoms with Crippen LogP contribution in [0.5, 0.6) is 0 Å². The van der Waals surface area contributed by atoms with Crippen LogP contribution in [0.1, 0.15) is 30.1 Å². The van der Waals surface area contributed by atoms with Crippen LogP contribution in [0.3, 0.4) is 0 Å². The summed E-state index contributed by atoms with van der Waals surface area (Å²) < 4.78 is 4.93. The highest BCUT2D eigenvalue weighted by Gasteiger charge is 2.12. The molecule has 0 atom stereocenters. The topological polar surface area (TPSA) is 102 Å². The van der Waals surface area contributed by atoms with Crippen LogP contribution in [0, 0.1) is 0 Å². The molecule has 0 radical (unpaired) electrons. The maximum atomic E-state index is 12.1. The quantitative estimate of drug-likeness (QED) is 0.272. The molecule has 0 bridgehead atoms. The fraction of sp³-hybridized carbons (Fsp3) is 0.154. The Morgan fingerprint density at radius 2 is 1.43 bits per heavy atom. The van der Waals surface area contributed by atoms with Crippen molar-refractivity contribution in [3.8, 4) is 0 Å². The summed E-state index contributed by atoms with van der Waals surface area (Å²) >= 11 is 7.47. The number of halogens is 1. The van der Waals surface area contributed by atoms with Crippen LogP contribution < -0.4 is 10.6 Å². The van der Waals surface area contributed by atoms with Gasteiger partial charge in [0.15, 0.2) is 12.4 Å². The average Bonchev–Trinajstić information content (AvgIpc) is 2.84. The van der Waals surface area contributed by atoms with E-state index in [1.165, 1.54) is 13.0 Å². The fourth-order valence-electron chi connectivity index (χ4n) is 2.92. The van der Waals surface area contributed by atoms with Gasteiger partial charge in [0, 0.05) is 38.2 Å². The number of carbonyl (C=O) groups is 4. The first kappa shape index (κ1) is 26.0. The van der Waals surface area contributed by atoms with Gasteiger partial charge in [-0.15, -0.1) is 0 Å². The zero-order valence-corrected chi connectivity index (χ0v) is 20.4. The molecule has 9 heteroatoms. The lowest BCUT2D eigenvalue weighted by atomic mass is 10.1. The van der Waals surface area contributed by atoms with E-state index in [4.69, 9.17) is 16.3 Å². The molecular formula is C26H23ClN2O5S. The maximum Gasteiger partial charge on any atom is 0.306 e. The van der Waals surface area contributed by atoms with Crippen molar-refractivity contribution >= 4 is 58.3 Å². The molecule has 3 aromatic rings. The van der Waals surface area contributed by atoms with Crippen LogP contribution in [0.4, 0.5) is 11.4 Å². The Bertz CT molecular complexity index is 1210. The molecule has 0 heterocycles. The standard InChI is InChI=1S/C26H23ClN2O5S/c1-17(30)18-3-2-4-21(15-18)29-25(32)16-34-26(33)14-13-24(31)28-20-7-11-23(12-8-20)35-22-9-5-19(27)6-10-22/h2-12,15H,13-14,16H2,1H3,(H,28,31)(H,29,32). The third-order valence-electron chi connectivity index (χ3n) is 4.66. The van der Waals surface area contributed by atoms with Crippen molar-refractivity contribution in [2.24, 2.45) is 0 Å². The zero-order chi connectivity index (χ0) is 25.2. The van der Waals surface area contributed by atoms with Crippen molar-refractivity contribution in [3.05, 3.63) is 83.4 Å². The van der Waals surface area contributed by atoms with E-state index in [-0.39, 0.29) is 24.5 Å². The van der Waals surface area contributed by atoms with Gasteiger partial charge in [0.1, 0.15) is 0 Å². The highest BCUT2D eigenvalue weighted by atomic mass is 35.5. The van der Waals surface area contributed by atoms with Crippen LogP contribution >= 0.6 is 23.4 Å². The number of ether oxygens (including phenoxy) is 1. The van der Waals surface area contributed by atoms with Crippen LogP contribution in [-0.2, 0) is 19.1 Å². The summed E-state index contributed by atoms with van der Waals surface area (Å²) in [7, 11) is 0. The summed E-state index contributed by atoms with van der Waals surface area (Å²) in [6.07, 6.45) is -0.244. The number of ketones is 1. The molecule has 180 valence electrons. The zero-order valence-electron chi connectivity index (χ0n) is 18.9. The molecule has 7 nitrogen and oxygen atoms in total. The van der Waals surface area contributed by atoms with Gasteiger partial charge < -0.3 is 15.4 Å². The Balaban J connectivity index is 1.37. The van der Waals surface area contributed by atoms with Gasteiger partial charge in [0.2, 0.25) is 5.91 Å². The normalized spacial score (nSPS) is 10.3. The minimum atomic E-state index is -0.664. The Morgan fingerprint density at radius 1 is 0.800 bits per heavy atom. The molecule has 0 spiro atoms. The lowest BCUT2D eigenvalue weighted by Gasteiger charge is -2.08. The SMILES string of the molecule is CC(=O)c1cccc(NC(=O)COC(=O)CCC(=O)Nc2ccc(Sc3ccc(Cl)cc3)cc2)c1. The van der Waals surface area contributed by atoms with E-state index in [0.29, 0.717) is 22.0 Å². The number of amides is 2. The summed E-state index contributed by atoms with van der Waals surface area (Å²) in [4.78, 5) is 49.5. The second kappa shape index (κ2) is 12.7. The van der Waals surface area contributed by atoms with E-state index < -0.39 is 18.5 Å². The van der Waals surface area contributed by atoms with Gasteiger partial charge in [-0.3, -0.25) is 19.2 Å². The first-order valence-electron chi connectivity index (χ1n) is 10.7. The third-order valence-corrected chi connectivity index (χ3v) is 5.93. The fourth-order valence-corrected chi connectivity index (χ4v) is 3.86. The van der Waals surface area contributed by atoms with Gasteiger partial charge in [-0.25, -0.2) is 0 Å². The third kappa shape index (κ3) is 8.92. The lowest BCUT2D eigenvalue weighted by molar-refractivity contribution is -0.147. The summed E-state index contributed by atoms with van der Waals surface area (Å²) in [5.74, 6) is -1.67. The number of anilines is 2. The molecule has 3 rings (SSSR count). The smallest absolute Gasteiger partial charge is 0.306 e. The second-order valence-corrected chi connectivity index (χ2v) is 9.06. The molecule has 0 aliphatic heterocycles. The Labute approximate surface area is 212 Å². The molecule has 0 aliphatic rings. The van der Waals surface area contributed by atoms with Gasteiger partial charge in [0.05, 0.1) is 6.42 Å². The van der Waals surface area contributed by atoms with Crippen molar-refractivity contribution in [2.75, 3.05) is 17.2 Å². The first-order valence-corrected chi connectivity index (χ1v) is 11.9. The molecule has 0 aliphatic carbocycles. The maximum absolute atomic E-state index is 12.1. The van der Waals surface area contributed by atoms with Crippen molar-refractivity contribution in [1.82, 2.24) is 0 Å². The van der Waals surface area contributed by atoms with E-state index >= 15 is 0 Å². The van der Waals surface area contributed by atoms with Crippen LogP contribution in [0.25, 0.3) is 0 Å². The molecular weight excluding hydrogens is 488 g/mol. The second-order valence-electron chi connectivity index (χ2n) is 7.47. The van der Waals surface area contributed by atoms with E-state index in [1.54, 1.807) is 42.1 Å². The molecule has 3 aromatic carbocycles. The number of hydrogen-bond acceptors (Lipinski definition) is 6. The number of rotatable bonds is 10. The first-order chi connectivity index (χ1) is 16.8. The molecule has 0 aromatic heterocycles. The average molecular weight is 511 g/mol. The Kier molecular flexibility index (Phi) is 9.46. The van der Waals surface area contributed by atoms with Gasteiger partial charge in [-0.2, -0.15) is 0 Å². The van der Waals surface area contributed by atoms with Gasteiger partial charge in [-0.1, -0.05) is 35.5 Å². The minimum absolute atomic E-state index is 0.0810. The summed E-state index contributed by atoms with van der Waals surface area (Å²) in [6.45, 7) is 0.938. The number of nitrogens with one attached hydrogen (secondary N) is 2. The van der Waals surface area contributed by atoms with E-state index in [2.05, 4.69) is 10.6 Å². The number of carbonyl (C=O) groups excluding carboxylic acids is 4. The lowest BCUT2D eigenvalue weighted by Crippen LogP contribution is -2.22. The minimum Gasteiger partial charge on any atom is -0.456 e. The summed E-state index contributed by atoms with van der Waals surface area (Å²) in [6, 6.07) is 21.3. The predicted octanol–water partition coefficient (Wildman–Crippen LogP) is 5.59. The highest BCUT2D eigenvalue weighted by Crippen LogP contribution is 2.29. The molecule has 2 N–H and O–H groups in total. The van der Waals surface area contributed by atoms with E-state index in [0.717, 1.165) is 9.79 Å². The van der Waals surface area contributed by atoms with Gasteiger partial charge in [-0.05, 0) is 67.6 Å². The molecule has 2 amide bonds. The predicted molar refractivity (Wildman–Crippen MR) is 136 cm³/mol. The van der Waals surface area contributed by atoms with Crippen LogP contribution in [0.2, 0.25) is 5.02 Å². The van der Waals surface area contributed by atoms with Crippen LogP contribution in [0.15, 0.2) is 82.6 Å². The molecule has 0 unspecified atom stereocenters. The number of Topliss-reactive ketones (excluding diaryl/α,β-unsaturated/α-hetero) is 1. The van der Waals surface area contributed by atoms with Gasteiger partial charge >= 0.3 is 5.97 Å². The molecule has 0 saturated heterocycles. The number of benzene rings is 3. The Hall–Kier alpha value is -3.62. The van der Waals surface area contributed by atoms with Crippen molar-refractivity contribution in [1.29, 1.82) is 0 Å². The molecule has 0 fully saturated rings. The number of esters is 1. The van der Waals surface area contributed by atoms with Crippen molar-refractivity contribution in [3.63, 3.8) is 0 Å². The van der Waals surface area contributed by atoms with Crippen molar-refractivity contribution < 1.29 is 23.9 Å². The monoisotopic (exact) mass is 510 g/mol. The van der Waals surface area contributed by atoms with Gasteiger partial charge in [0.25, 0.3) is 5.91 Å². The molecule has 35 heavy (non-hydrogen) atoms. The summed E-state index contributed by atoms with van der Waals surface area (Å²) in [5.41, 5.74) is 1.49. The number of hydrogen-bond donors (Lipinski definition) is 2. The van der Waals surface area contributed by atoms with E-state index in [1.807, 2.05) is 36.4 Å². The Morgan fingerprint density at radius 3 is 2.09 bits per heavy atom. The largest absolute Gasteiger partial charge is 0.456 e. The highest BCUT2D eigenvalue weighted by molar-refractivity contribution is 7.99.